The zero-order valence-electron chi connectivity index (χ0n) is 14.5. The van der Waals surface area contributed by atoms with Crippen molar-refractivity contribution in [1.29, 1.82) is 0 Å². The fraction of sp³-hybridized carbons (Fsp3) is 0.316. The van der Waals surface area contributed by atoms with Gasteiger partial charge in [0.2, 0.25) is 0 Å². The molecule has 1 amide bonds. The predicted octanol–water partition coefficient (Wildman–Crippen LogP) is 3.42. The lowest BCUT2D eigenvalue weighted by Crippen LogP contribution is -2.46. The van der Waals surface area contributed by atoms with Crippen molar-refractivity contribution < 1.29 is 9.18 Å². The molecule has 5 nitrogen and oxygen atoms in total. The van der Waals surface area contributed by atoms with E-state index in [1.165, 1.54) is 12.1 Å². The molecule has 1 unspecified atom stereocenters. The van der Waals surface area contributed by atoms with Crippen molar-refractivity contribution in [1.82, 2.24) is 19.9 Å². The average molecular weight is 340 g/mol. The van der Waals surface area contributed by atoms with Crippen molar-refractivity contribution in [2.24, 2.45) is 5.41 Å². The number of aromatic nitrogens is 3. The first-order valence-corrected chi connectivity index (χ1v) is 8.16. The third kappa shape index (κ3) is 3.68. The highest BCUT2D eigenvalue weighted by molar-refractivity contribution is 6.05. The molecular formula is C19H21FN4O. The van der Waals surface area contributed by atoms with Crippen LogP contribution in [0.1, 0.15) is 31.1 Å². The van der Waals surface area contributed by atoms with Gasteiger partial charge in [-0.2, -0.15) is 0 Å². The summed E-state index contributed by atoms with van der Waals surface area (Å²) in [4.78, 5) is 21.1. The zero-order chi connectivity index (χ0) is 18.0. The van der Waals surface area contributed by atoms with Crippen LogP contribution < -0.4 is 5.32 Å². The van der Waals surface area contributed by atoms with Crippen LogP contribution in [0.2, 0.25) is 0 Å². The molecule has 1 N–H and O–H groups in total. The Morgan fingerprint density at radius 1 is 1.28 bits per heavy atom. The fourth-order valence-corrected chi connectivity index (χ4v) is 2.70. The van der Waals surface area contributed by atoms with Crippen LogP contribution in [-0.4, -0.2) is 26.5 Å². The average Bonchev–Trinajstić information content (AvgIpc) is 3.07. The quantitative estimate of drug-likeness (QED) is 0.792. The number of hydrogen-bond donors (Lipinski definition) is 1. The fourth-order valence-electron chi connectivity index (χ4n) is 2.70. The smallest absolute Gasteiger partial charge is 0.253 e. The second-order valence-corrected chi connectivity index (χ2v) is 7.15. The highest BCUT2D eigenvalue weighted by Crippen LogP contribution is 2.23. The molecule has 0 aliphatic heterocycles. The molecule has 0 spiro atoms. The van der Waals surface area contributed by atoms with E-state index in [0.717, 1.165) is 0 Å². The summed E-state index contributed by atoms with van der Waals surface area (Å²) in [6.07, 6.45) is 6.85. The lowest BCUT2D eigenvalue weighted by molar-refractivity contribution is 0.0894. The van der Waals surface area contributed by atoms with E-state index >= 15 is 0 Å². The minimum Gasteiger partial charge on any atom is -0.347 e. The van der Waals surface area contributed by atoms with Gasteiger partial charge in [-0.05, 0) is 29.7 Å². The standard InChI is InChI=1S/C19H21FN4O/c1-19(2,3)16(11-24-10-9-21-12-24)23-18(25)14-6-7-15(20)13-5-4-8-22-17(13)14/h4-10,12,16H,11H2,1-3H3,(H,23,25). The second kappa shape index (κ2) is 6.63. The highest BCUT2D eigenvalue weighted by Gasteiger charge is 2.27. The Balaban J connectivity index is 1.91. The molecule has 2 heterocycles. The van der Waals surface area contributed by atoms with Gasteiger partial charge in [0.15, 0.2) is 0 Å². The maximum Gasteiger partial charge on any atom is 0.253 e. The molecular weight excluding hydrogens is 319 g/mol. The Kier molecular flexibility index (Phi) is 4.53. The molecule has 130 valence electrons. The molecule has 0 saturated carbocycles. The van der Waals surface area contributed by atoms with E-state index in [9.17, 15) is 9.18 Å². The van der Waals surface area contributed by atoms with E-state index in [-0.39, 0.29) is 23.2 Å². The number of rotatable bonds is 4. The predicted molar refractivity (Wildman–Crippen MR) is 94.6 cm³/mol. The van der Waals surface area contributed by atoms with Gasteiger partial charge in [0.25, 0.3) is 5.91 Å². The van der Waals surface area contributed by atoms with Crippen LogP contribution >= 0.6 is 0 Å². The number of nitrogens with zero attached hydrogens (tertiary/aromatic N) is 3. The van der Waals surface area contributed by atoms with E-state index in [1.54, 1.807) is 30.9 Å². The Bertz CT molecular complexity index is 884. The number of benzene rings is 1. The van der Waals surface area contributed by atoms with Gasteiger partial charge in [0.05, 0.1) is 23.4 Å². The number of imidazole rings is 1. The summed E-state index contributed by atoms with van der Waals surface area (Å²) in [5, 5.41) is 3.42. The Hall–Kier alpha value is -2.76. The van der Waals surface area contributed by atoms with Gasteiger partial charge in [-0.15, -0.1) is 0 Å². The summed E-state index contributed by atoms with van der Waals surface area (Å²) in [5.74, 6) is -0.644. The van der Waals surface area contributed by atoms with E-state index in [2.05, 4.69) is 36.1 Å². The summed E-state index contributed by atoms with van der Waals surface area (Å²) in [5.41, 5.74) is 0.579. The normalized spacial score (nSPS) is 13.0. The Labute approximate surface area is 145 Å². The van der Waals surface area contributed by atoms with Crippen molar-refractivity contribution in [2.45, 2.75) is 33.4 Å². The van der Waals surface area contributed by atoms with Crippen molar-refractivity contribution >= 4 is 16.8 Å². The molecule has 0 aliphatic rings. The van der Waals surface area contributed by atoms with E-state index in [1.807, 2.05) is 10.8 Å². The minimum absolute atomic E-state index is 0.127. The minimum atomic E-state index is -0.384. The van der Waals surface area contributed by atoms with Crippen LogP contribution in [0, 0.1) is 11.2 Å². The molecule has 3 aromatic rings. The van der Waals surface area contributed by atoms with Gasteiger partial charge in [-0.1, -0.05) is 20.8 Å². The van der Waals surface area contributed by atoms with Crippen LogP contribution in [0.15, 0.2) is 49.2 Å². The molecule has 0 radical (unpaired) electrons. The van der Waals surface area contributed by atoms with Gasteiger partial charge in [0.1, 0.15) is 5.82 Å². The molecule has 3 rings (SSSR count). The maximum atomic E-state index is 14.0. The Morgan fingerprint density at radius 2 is 2.08 bits per heavy atom. The number of carbonyl (C=O) groups excluding carboxylic acids is 1. The van der Waals surface area contributed by atoms with E-state index in [4.69, 9.17) is 0 Å². The monoisotopic (exact) mass is 340 g/mol. The molecule has 6 heteroatoms. The Morgan fingerprint density at radius 3 is 2.76 bits per heavy atom. The zero-order valence-corrected chi connectivity index (χ0v) is 14.5. The summed E-state index contributed by atoms with van der Waals surface area (Å²) >= 11 is 0. The number of carbonyl (C=O) groups is 1. The topological polar surface area (TPSA) is 59.8 Å². The number of halogens is 1. The van der Waals surface area contributed by atoms with Gasteiger partial charge in [0, 0.05) is 30.5 Å². The molecule has 2 aromatic heterocycles. The van der Waals surface area contributed by atoms with Gasteiger partial charge in [-0.25, -0.2) is 9.37 Å². The SMILES string of the molecule is CC(C)(C)C(Cn1ccnc1)NC(=O)c1ccc(F)c2cccnc12. The van der Waals surface area contributed by atoms with Crippen LogP contribution in [0.3, 0.4) is 0 Å². The summed E-state index contributed by atoms with van der Waals surface area (Å²) in [7, 11) is 0. The summed E-state index contributed by atoms with van der Waals surface area (Å²) in [6.45, 7) is 6.80. The van der Waals surface area contributed by atoms with Crippen LogP contribution in [0.25, 0.3) is 10.9 Å². The van der Waals surface area contributed by atoms with Crippen LogP contribution in [0.5, 0.6) is 0 Å². The number of nitrogens with one attached hydrogen (secondary N) is 1. The van der Waals surface area contributed by atoms with Crippen LogP contribution in [-0.2, 0) is 6.54 Å². The van der Waals surface area contributed by atoms with Crippen molar-refractivity contribution in [3.8, 4) is 0 Å². The number of amides is 1. The van der Waals surface area contributed by atoms with Crippen molar-refractivity contribution in [2.75, 3.05) is 0 Å². The number of hydrogen-bond acceptors (Lipinski definition) is 3. The molecule has 0 saturated heterocycles. The molecule has 0 fully saturated rings. The lowest BCUT2D eigenvalue weighted by atomic mass is 9.86. The lowest BCUT2D eigenvalue weighted by Gasteiger charge is -2.32. The molecule has 1 aromatic carbocycles. The van der Waals surface area contributed by atoms with Gasteiger partial charge >= 0.3 is 0 Å². The molecule has 0 bridgehead atoms. The maximum absolute atomic E-state index is 14.0. The number of pyridine rings is 1. The first-order valence-electron chi connectivity index (χ1n) is 8.16. The first kappa shape index (κ1) is 17.1. The van der Waals surface area contributed by atoms with E-state index < -0.39 is 0 Å². The van der Waals surface area contributed by atoms with Gasteiger partial charge < -0.3 is 9.88 Å². The largest absolute Gasteiger partial charge is 0.347 e. The molecule has 1 atom stereocenters. The van der Waals surface area contributed by atoms with Crippen LogP contribution in [0.4, 0.5) is 4.39 Å². The third-order valence-electron chi connectivity index (χ3n) is 4.26. The highest BCUT2D eigenvalue weighted by atomic mass is 19.1. The molecule has 25 heavy (non-hydrogen) atoms. The second-order valence-electron chi connectivity index (χ2n) is 7.15. The summed E-state index contributed by atoms with van der Waals surface area (Å²) < 4.78 is 15.9. The first-order chi connectivity index (χ1) is 11.9. The van der Waals surface area contributed by atoms with Crippen molar-refractivity contribution in [3.63, 3.8) is 0 Å². The van der Waals surface area contributed by atoms with E-state index in [0.29, 0.717) is 23.0 Å². The third-order valence-corrected chi connectivity index (χ3v) is 4.26. The molecule has 0 aliphatic carbocycles. The number of fused-ring (bicyclic) bond motifs is 1. The summed E-state index contributed by atoms with van der Waals surface area (Å²) in [6, 6.07) is 5.95. The van der Waals surface area contributed by atoms with Gasteiger partial charge in [-0.3, -0.25) is 9.78 Å². The van der Waals surface area contributed by atoms with Crippen molar-refractivity contribution in [3.05, 3.63) is 60.6 Å².